The molecule has 0 aliphatic carbocycles. The zero-order valence-electron chi connectivity index (χ0n) is 11.0. The summed E-state index contributed by atoms with van der Waals surface area (Å²) in [6.07, 6.45) is 0. The summed E-state index contributed by atoms with van der Waals surface area (Å²) in [5.41, 5.74) is 5.72. The summed E-state index contributed by atoms with van der Waals surface area (Å²) in [5, 5.41) is 9.27. The Morgan fingerprint density at radius 2 is 2.05 bits per heavy atom. The number of hydrogen-bond acceptors (Lipinski definition) is 5. The number of rotatable bonds is 4. The number of nitrogens with zero attached hydrogens (tertiary/aromatic N) is 2. The summed E-state index contributed by atoms with van der Waals surface area (Å²) in [7, 11) is 0. The second-order valence-corrected chi connectivity index (χ2v) is 5.83. The molecule has 1 unspecified atom stereocenters. The minimum absolute atomic E-state index is 0.395. The van der Waals surface area contributed by atoms with Crippen LogP contribution in [0.25, 0.3) is 11.4 Å². The van der Waals surface area contributed by atoms with E-state index in [0.29, 0.717) is 16.0 Å². The van der Waals surface area contributed by atoms with E-state index in [2.05, 4.69) is 15.2 Å². The number of halogens is 1. The Morgan fingerprint density at radius 1 is 1.38 bits per heavy atom. The lowest BCUT2D eigenvalue weighted by atomic mass is 10.2. The van der Waals surface area contributed by atoms with Crippen LogP contribution in [0, 0.1) is 0 Å². The van der Waals surface area contributed by atoms with Gasteiger partial charge in [0, 0.05) is 10.6 Å². The average Bonchev–Trinajstić information content (AvgIpc) is 2.87. The monoisotopic (exact) mass is 325 g/mol. The fourth-order valence-corrected chi connectivity index (χ4v) is 2.32. The molecule has 1 aromatic carbocycles. The third-order valence-corrected chi connectivity index (χ3v) is 3.69. The Bertz CT molecular complexity index is 658. The highest BCUT2D eigenvalue weighted by Gasteiger charge is 2.18. The van der Waals surface area contributed by atoms with Crippen molar-refractivity contribution in [1.29, 1.82) is 0 Å². The number of hydrogen-bond donors (Lipinski definition) is 3. The van der Waals surface area contributed by atoms with Crippen molar-refractivity contribution < 1.29 is 9.59 Å². The second kappa shape index (κ2) is 6.59. The number of carbonyl (C=O) groups is 2. The third-order valence-electron chi connectivity index (χ3n) is 2.48. The number of imide groups is 1. The fraction of sp³-hybridized carbons (Fsp3) is 0.167. The van der Waals surface area contributed by atoms with Gasteiger partial charge in [-0.15, -0.1) is 5.10 Å². The first kappa shape index (κ1) is 15.3. The first-order valence-electron chi connectivity index (χ1n) is 5.91. The van der Waals surface area contributed by atoms with E-state index in [9.17, 15) is 9.59 Å². The molecule has 2 aromatic rings. The Morgan fingerprint density at radius 3 is 2.67 bits per heavy atom. The highest BCUT2D eigenvalue weighted by Crippen LogP contribution is 2.23. The Balaban J connectivity index is 2.04. The largest absolute Gasteiger partial charge is 0.351 e. The zero-order valence-corrected chi connectivity index (χ0v) is 12.5. The van der Waals surface area contributed by atoms with Gasteiger partial charge in [0.15, 0.2) is 5.82 Å². The van der Waals surface area contributed by atoms with Gasteiger partial charge in [0.2, 0.25) is 11.1 Å². The van der Waals surface area contributed by atoms with Crippen LogP contribution >= 0.6 is 23.4 Å². The van der Waals surface area contributed by atoms with Gasteiger partial charge in [-0.1, -0.05) is 23.4 Å². The van der Waals surface area contributed by atoms with Crippen molar-refractivity contribution in [3.8, 4) is 11.4 Å². The van der Waals surface area contributed by atoms with Crippen LogP contribution in [0.1, 0.15) is 6.92 Å². The highest BCUT2D eigenvalue weighted by atomic mass is 35.5. The molecule has 7 nitrogen and oxygen atoms in total. The van der Waals surface area contributed by atoms with Crippen molar-refractivity contribution in [2.75, 3.05) is 0 Å². The number of urea groups is 1. The number of nitrogens with one attached hydrogen (secondary N) is 2. The van der Waals surface area contributed by atoms with Crippen LogP contribution in [0.3, 0.4) is 0 Å². The molecule has 0 aliphatic heterocycles. The van der Waals surface area contributed by atoms with Crippen LogP contribution in [-0.2, 0) is 4.79 Å². The summed E-state index contributed by atoms with van der Waals surface area (Å²) in [6, 6.07) is 6.22. The Kier molecular flexibility index (Phi) is 4.81. The van der Waals surface area contributed by atoms with Gasteiger partial charge >= 0.3 is 6.03 Å². The van der Waals surface area contributed by atoms with Crippen molar-refractivity contribution in [2.24, 2.45) is 5.73 Å². The summed E-state index contributed by atoms with van der Waals surface area (Å²) in [4.78, 5) is 26.4. The lowest BCUT2D eigenvalue weighted by molar-refractivity contribution is -0.119. The topological polar surface area (TPSA) is 114 Å². The van der Waals surface area contributed by atoms with E-state index in [4.69, 9.17) is 17.3 Å². The van der Waals surface area contributed by atoms with Crippen LogP contribution in [0.2, 0.25) is 5.02 Å². The number of benzene rings is 1. The maximum Gasteiger partial charge on any atom is 0.318 e. The number of aromatic nitrogens is 3. The Hall–Kier alpha value is -2.06. The van der Waals surface area contributed by atoms with Gasteiger partial charge in [0.1, 0.15) is 0 Å². The van der Waals surface area contributed by atoms with E-state index < -0.39 is 17.2 Å². The molecule has 2 rings (SSSR count). The molecular formula is C12H12ClN5O2S. The number of H-pyrrole nitrogens is 1. The molecule has 1 heterocycles. The van der Waals surface area contributed by atoms with Crippen LogP contribution in [-0.4, -0.2) is 32.4 Å². The van der Waals surface area contributed by atoms with Crippen molar-refractivity contribution in [3.05, 3.63) is 29.3 Å². The first-order chi connectivity index (χ1) is 9.95. The second-order valence-electron chi connectivity index (χ2n) is 4.09. The van der Waals surface area contributed by atoms with E-state index in [0.717, 1.165) is 17.3 Å². The predicted octanol–water partition coefficient (Wildman–Crippen LogP) is 1.80. The molecule has 0 aliphatic rings. The van der Waals surface area contributed by atoms with E-state index in [1.165, 1.54) is 0 Å². The van der Waals surface area contributed by atoms with Crippen molar-refractivity contribution >= 4 is 35.3 Å². The summed E-state index contributed by atoms with van der Waals surface area (Å²) >= 11 is 6.93. The standard InChI is InChI=1S/C12H12ClN5O2S/c1-6(10(19)16-11(14)20)21-12-15-9(17-18-12)7-2-4-8(13)5-3-7/h2-6H,1H3,(H,15,17,18)(H3,14,16,19,20). The van der Waals surface area contributed by atoms with Gasteiger partial charge in [0.05, 0.1) is 5.25 Å². The van der Waals surface area contributed by atoms with Gasteiger partial charge in [-0.25, -0.2) is 9.78 Å². The molecule has 0 radical (unpaired) electrons. The number of aromatic amines is 1. The Labute approximate surface area is 129 Å². The molecule has 1 aromatic heterocycles. The molecule has 4 N–H and O–H groups in total. The summed E-state index contributed by atoms with van der Waals surface area (Å²) in [6.45, 7) is 1.63. The number of nitrogens with two attached hydrogens (primary N) is 1. The molecule has 3 amide bonds. The van der Waals surface area contributed by atoms with Crippen molar-refractivity contribution in [2.45, 2.75) is 17.3 Å². The molecular weight excluding hydrogens is 314 g/mol. The van der Waals surface area contributed by atoms with E-state index in [1.54, 1.807) is 31.2 Å². The van der Waals surface area contributed by atoms with Gasteiger partial charge in [0.25, 0.3) is 0 Å². The summed E-state index contributed by atoms with van der Waals surface area (Å²) in [5.74, 6) is 0.0713. The molecule has 0 spiro atoms. The van der Waals surface area contributed by atoms with Crippen LogP contribution < -0.4 is 11.1 Å². The number of primary amides is 1. The van der Waals surface area contributed by atoms with Crippen LogP contribution in [0.5, 0.6) is 0 Å². The molecule has 0 saturated carbocycles. The van der Waals surface area contributed by atoms with E-state index >= 15 is 0 Å². The highest BCUT2D eigenvalue weighted by molar-refractivity contribution is 8.00. The summed E-state index contributed by atoms with van der Waals surface area (Å²) < 4.78 is 0. The molecule has 0 fully saturated rings. The maximum atomic E-state index is 11.6. The lowest BCUT2D eigenvalue weighted by Gasteiger charge is -2.06. The van der Waals surface area contributed by atoms with Crippen LogP contribution in [0.15, 0.2) is 29.4 Å². The smallest absolute Gasteiger partial charge is 0.318 e. The average molecular weight is 326 g/mol. The van der Waals surface area contributed by atoms with E-state index in [1.807, 2.05) is 5.32 Å². The molecule has 21 heavy (non-hydrogen) atoms. The van der Waals surface area contributed by atoms with Gasteiger partial charge in [-0.3, -0.25) is 15.2 Å². The zero-order chi connectivity index (χ0) is 15.4. The number of carbonyl (C=O) groups excluding carboxylic acids is 2. The van der Waals surface area contributed by atoms with Gasteiger partial charge in [-0.05, 0) is 31.2 Å². The van der Waals surface area contributed by atoms with Crippen molar-refractivity contribution in [3.63, 3.8) is 0 Å². The maximum absolute atomic E-state index is 11.6. The van der Waals surface area contributed by atoms with E-state index in [-0.39, 0.29) is 0 Å². The number of amides is 3. The third kappa shape index (κ3) is 4.20. The molecule has 1 atom stereocenters. The number of thioether (sulfide) groups is 1. The predicted molar refractivity (Wildman–Crippen MR) is 79.9 cm³/mol. The first-order valence-corrected chi connectivity index (χ1v) is 7.17. The molecule has 9 heteroatoms. The minimum atomic E-state index is -0.885. The fourth-order valence-electron chi connectivity index (χ4n) is 1.47. The normalized spacial score (nSPS) is 11.9. The minimum Gasteiger partial charge on any atom is -0.351 e. The quantitative estimate of drug-likeness (QED) is 0.742. The molecule has 0 bridgehead atoms. The molecule has 110 valence electrons. The SMILES string of the molecule is CC(Sc1n[nH]c(-c2ccc(Cl)cc2)n1)C(=O)NC(N)=O. The lowest BCUT2D eigenvalue weighted by Crippen LogP contribution is -2.39. The van der Waals surface area contributed by atoms with Crippen molar-refractivity contribution in [1.82, 2.24) is 20.5 Å². The van der Waals surface area contributed by atoms with Gasteiger partial charge in [-0.2, -0.15) is 0 Å². The van der Waals surface area contributed by atoms with Crippen LogP contribution in [0.4, 0.5) is 4.79 Å². The van der Waals surface area contributed by atoms with Gasteiger partial charge < -0.3 is 5.73 Å². The molecule has 0 saturated heterocycles.